The first-order valence-electron chi connectivity index (χ1n) is 5.59. The Balaban J connectivity index is 2.95. The Morgan fingerprint density at radius 1 is 1.22 bits per heavy atom. The van der Waals surface area contributed by atoms with Crippen LogP contribution in [0.2, 0.25) is 0 Å². The molecule has 0 aliphatic heterocycles. The second kappa shape index (κ2) is 5.52. The molecule has 1 unspecified atom stereocenters. The van der Waals surface area contributed by atoms with Crippen LogP contribution in [0.25, 0.3) is 0 Å². The van der Waals surface area contributed by atoms with E-state index in [-0.39, 0.29) is 23.9 Å². The van der Waals surface area contributed by atoms with Crippen LogP contribution < -0.4 is 0 Å². The fraction of sp³-hybridized carbons (Fsp3) is 0.462. The molecule has 0 saturated carbocycles. The monoisotopic (exact) mass is 260 g/mol. The van der Waals surface area contributed by atoms with Gasteiger partial charge in [0.1, 0.15) is 0 Å². The van der Waals surface area contributed by atoms with Crippen LogP contribution in [0.15, 0.2) is 24.3 Å². The van der Waals surface area contributed by atoms with Crippen LogP contribution >= 0.6 is 0 Å². The van der Waals surface area contributed by atoms with E-state index in [9.17, 15) is 18.0 Å². The van der Waals surface area contributed by atoms with Crippen molar-refractivity contribution in [3.63, 3.8) is 0 Å². The lowest BCUT2D eigenvalue weighted by atomic mass is 9.88. The van der Waals surface area contributed by atoms with E-state index in [0.717, 1.165) is 24.3 Å². The quantitative estimate of drug-likeness (QED) is 0.844. The molecule has 0 fully saturated rings. The molecule has 0 amide bonds. The maximum atomic E-state index is 12.3. The number of aliphatic hydroxyl groups is 1. The summed E-state index contributed by atoms with van der Waals surface area (Å²) >= 11 is 0. The summed E-state index contributed by atoms with van der Waals surface area (Å²) in [6.45, 7) is 3.25. The summed E-state index contributed by atoms with van der Waals surface area (Å²) in [5, 5.41) is 9.11. The van der Waals surface area contributed by atoms with Crippen molar-refractivity contribution in [2.45, 2.75) is 20.0 Å². The van der Waals surface area contributed by atoms with Crippen molar-refractivity contribution in [1.29, 1.82) is 0 Å². The maximum Gasteiger partial charge on any atom is 0.416 e. The number of hydrogen-bond donors (Lipinski definition) is 1. The third kappa shape index (κ3) is 3.32. The highest BCUT2D eigenvalue weighted by Crippen LogP contribution is 2.29. The number of aliphatic hydroxyl groups excluding tert-OH is 1. The Bertz CT molecular complexity index is 407. The van der Waals surface area contributed by atoms with Gasteiger partial charge in [0.05, 0.1) is 12.2 Å². The molecule has 0 aliphatic carbocycles. The number of Topliss-reactive ketones (excluding diaryl/α,β-unsaturated/α-hetero) is 1. The van der Waals surface area contributed by atoms with Crippen molar-refractivity contribution in [3.05, 3.63) is 35.4 Å². The summed E-state index contributed by atoms with van der Waals surface area (Å²) in [7, 11) is 0. The second-order valence-electron chi connectivity index (χ2n) is 4.47. The van der Waals surface area contributed by atoms with Gasteiger partial charge in [-0.15, -0.1) is 0 Å². The Morgan fingerprint density at radius 3 is 2.06 bits per heavy atom. The first-order chi connectivity index (χ1) is 8.27. The van der Waals surface area contributed by atoms with Gasteiger partial charge < -0.3 is 5.11 Å². The van der Waals surface area contributed by atoms with Crippen molar-refractivity contribution < 1.29 is 23.1 Å². The fourth-order valence-corrected chi connectivity index (χ4v) is 1.63. The van der Waals surface area contributed by atoms with E-state index < -0.39 is 17.7 Å². The summed E-state index contributed by atoms with van der Waals surface area (Å²) in [5.74, 6) is -0.979. The summed E-state index contributed by atoms with van der Waals surface area (Å²) in [6, 6.07) is 4.05. The average Bonchev–Trinajstić information content (AvgIpc) is 2.28. The summed E-state index contributed by atoms with van der Waals surface area (Å²) in [6.07, 6.45) is -4.41. The van der Waals surface area contributed by atoms with E-state index in [1.54, 1.807) is 13.8 Å². The number of hydrogen-bond acceptors (Lipinski definition) is 2. The number of rotatable bonds is 4. The molecule has 1 N–H and O–H groups in total. The van der Waals surface area contributed by atoms with E-state index in [4.69, 9.17) is 5.11 Å². The molecular weight excluding hydrogens is 245 g/mol. The molecule has 1 rings (SSSR count). The van der Waals surface area contributed by atoms with Gasteiger partial charge >= 0.3 is 6.18 Å². The fourth-order valence-electron chi connectivity index (χ4n) is 1.63. The summed E-state index contributed by atoms with van der Waals surface area (Å²) < 4.78 is 37.0. The van der Waals surface area contributed by atoms with Crippen LogP contribution in [0.5, 0.6) is 0 Å². The molecule has 5 heteroatoms. The normalized spacial score (nSPS) is 13.7. The number of alkyl halides is 3. The number of carbonyl (C=O) groups is 1. The first kappa shape index (κ1) is 14.7. The molecule has 1 aromatic carbocycles. The molecule has 0 aliphatic rings. The van der Waals surface area contributed by atoms with Gasteiger partial charge in [0, 0.05) is 11.5 Å². The molecule has 0 bridgehead atoms. The molecule has 1 aromatic rings. The van der Waals surface area contributed by atoms with Gasteiger partial charge in [-0.05, 0) is 18.1 Å². The number of halogens is 3. The smallest absolute Gasteiger partial charge is 0.396 e. The van der Waals surface area contributed by atoms with Crippen molar-refractivity contribution >= 4 is 5.78 Å². The summed E-state index contributed by atoms with van der Waals surface area (Å²) in [4.78, 5) is 11.9. The lowest BCUT2D eigenvalue weighted by molar-refractivity contribution is -0.137. The maximum absolute atomic E-state index is 12.3. The Hall–Kier alpha value is -1.36. The minimum Gasteiger partial charge on any atom is -0.396 e. The Kier molecular flexibility index (Phi) is 4.51. The molecule has 0 aromatic heterocycles. The minimum absolute atomic E-state index is 0.0650. The zero-order valence-corrected chi connectivity index (χ0v) is 10.2. The first-order valence-corrected chi connectivity index (χ1v) is 5.59. The van der Waals surface area contributed by atoms with E-state index in [2.05, 4.69) is 0 Å². The van der Waals surface area contributed by atoms with Gasteiger partial charge in [-0.1, -0.05) is 26.0 Å². The molecule has 0 heterocycles. The highest BCUT2D eigenvalue weighted by atomic mass is 19.4. The minimum atomic E-state index is -4.41. The molecule has 0 spiro atoms. The van der Waals surface area contributed by atoms with Gasteiger partial charge in [0.25, 0.3) is 0 Å². The predicted molar refractivity (Wildman–Crippen MR) is 61.2 cm³/mol. The van der Waals surface area contributed by atoms with E-state index in [0.29, 0.717) is 0 Å². The van der Waals surface area contributed by atoms with Crippen molar-refractivity contribution in [2.24, 2.45) is 11.8 Å². The van der Waals surface area contributed by atoms with Gasteiger partial charge in [0.2, 0.25) is 0 Å². The van der Waals surface area contributed by atoms with E-state index in [1.807, 2.05) is 0 Å². The third-order valence-electron chi connectivity index (χ3n) is 2.83. The number of ketones is 1. The molecule has 0 saturated heterocycles. The highest BCUT2D eigenvalue weighted by Gasteiger charge is 2.30. The lowest BCUT2D eigenvalue weighted by Gasteiger charge is -2.17. The van der Waals surface area contributed by atoms with Crippen molar-refractivity contribution in [3.8, 4) is 0 Å². The van der Waals surface area contributed by atoms with Gasteiger partial charge in [-0.3, -0.25) is 4.79 Å². The molecule has 2 nitrogen and oxygen atoms in total. The van der Waals surface area contributed by atoms with Crippen molar-refractivity contribution in [1.82, 2.24) is 0 Å². The van der Waals surface area contributed by atoms with Crippen molar-refractivity contribution in [2.75, 3.05) is 6.61 Å². The van der Waals surface area contributed by atoms with Crippen LogP contribution in [-0.2, 0) is 6.18 Å². The molecule has 18 heavy (non-hydrogen) atoms. The highest BCUT2D eigenvalue weighted by molar-refractivity contribution is 5.98. The van der Waals surface area contributed by atoms with E-state index in [1.165, 1.54) is 0 Å². The van der Waals surface area contributed by atoms with Gasteiger partial charge in [-0.25, -0.2) is 0 Å². The molecule has 0 radical (unpaired) electrons. The van der Waals surface area contributed by atoms with Crippen LogP contribution in [0.3, 0.4) is 0 Å². The average molecular weight is 260 g/mol. The van der Waals surface area contributed by atoms with Crippen LogP contribution in [0.4, 0.5) is 13.2 Å². The SMILES string of the molecule is CC(C)C(CO)C(=O)c1ccc(C(F)(F)F)cc1. The van der Waals surface area contributed by atoms with Gasteiger partial charge in [-0.2, -0.15) is 13.2 Å². The van der Waals surface area contributed by atoms with Crippen LogP contribution in [0.1, 0.15) is 29.8 Å². The Morgan fingerprint density at radius 2 is 1.72 bits per heavy atom. The second-order valence-corrected chi connectivity index (χ2v) is 4.47. The van der Waals surface area contributed by atoms with E-state index >= 15 is 0 Å². The number of benzene rings is 1. The summed E-state index contributed by atoms with van der Waals surface area (Å²) in [5.41, 5.74) is -0.597. The zero-order valence-electron chi connectivity index (χ0n) is 10.2. The molecule has 100 valence electrons. The van der Waals surface area contributed by atoms with Crippen LogP contribution in [-0.4, -0.2) is 17.5 Å². The number of carbonyl (C=O) groups excluding carboxylic acids is 1. The molecule has 1 atom stereocenters. The lowest BCUT2D eigenvalue weighted by Crippen LogP contribution is -2.24. The predicted octanol–water partition coefficient (Wildman–Crippen LogP) is 3.15. The largest absolute Gasteiger partial charge is 0.416 e. The zero-order chi connectivity index (χ0) is 13.9. The van der Waals surface area contributed by atoms with Crippen LogP contribution in [0, 0.1) is 11.8 Å². The molecular formula is C13H15F3O2. The third-order valence-corrected chi connectivity index (χ3v) is 2.83. The standard InChI is InChI=1S/C13H15F3O2/c1-8(2)11(7-17)12(18)9-3-5-10(6-4-9)13(14,15)16/h3-6,8,11,17H,7H2,1-2H3. The Labute approximate surface area is 103 Å². The topological polar surface area (TPSA) is 37.3 Å². The van der Waals surface area contributed by atoms with Gasteiger partial charge in [0.15, 0.2) is 5.78 Å².